The van der Waals surface area contributed by atoms with Gasteiger partial charge in [-0.25, -0.2) is 4.98 Å². The summed E-state index contributed by atoms with van der Waals surface area (Å²) < 4.78 is 5.80. The number of ether oxygens (including phenoxy) is 1. The van der Waals surface area contributed by atoms with E-state index >= 15 is 0 Å². The van der Waals surface area contributed by atoms with Gasteiger partial charge in [-0.05, 0) is 38.5 Å². The molecule has 2 rings (SSSR count). The second kappa shape index (κ2) is 6.50. The number of nitrogens with zero attached hydrogens (tertiary/aromatic N) is 1. The van der Waals surface area contributed by atoms with Crippen LogP contribution in [0.1, 0.15) is 25.5 Å². The van der Waals surface area contributed by atoms with Gasteiger partial charge in [0.25, 0.3) is 0 Å². The van der Waals surface area contributed by atoms with E-state index in [1.807, 2.05) is 19.1 Å². The Kier molecular flexibility index (Phi) is 4.91. The van der Waals surface area contributed by atoms with E-state index in [0.717, 1.165) is 11.1 Å². The van der Waals surface area contributed by atoms with Crippen molar-refractivity contribution in [2.45, 2.75) is 32.8 Å². The summed E-state index contributed by atoms with van der Waals surface area (Å²) in [5.41, 5.74) is 1.42. The second-order valence-corrected chi connectivity index (χ2v) is 5.69. The second-order valence-electron chi connectivity index (χ2n) is 4.88. The van der Waals surface area contributed by atoms with Gasteiger partial charge in [0.1, 0.15) is 5.52 Å². The lowest BCUT2D eigenvalue weighted by molar-refractivity contribution is -0.137. The Morgan fingerprint density at radius 2 is 2.10 bits per heavy atom. The molecule has 2 aromatic rings. The third-order valence-corrected chi connectivity index (χ3v) is 3.65. The number of aryl methyl sites for hydroxylation is 1. The van der Waals surface area contributed by atoms with Crippen molar-refractivity contribution in [3.8, 4) is 5.75 Å². The van der Waals surface area contributed by atoms with Crippen LogP contribution in [-0.2, 0) is 4.79 Å². The first-order valence-electron chi connectivity index (χ1n) is 6.52. The van der Waals surface area contributed by atoms with E-state index < -0.39 is 5.97 Å². The summed E-state index contributed by atoms with van der Waals surface area (Å²) in [5, 5.41) is 10.3. The molecule has 1 atom stereocenters. The third-order valence-electron chi connectivity index (χ3n) is 3.06. The summed E-state index contributed by atoms with van der Waals surface area (Å²) in [6.45, 7) is 3.67. The first-order chi connectivity index (χ1) is 9.88. The molecule has 6 heteroatoms. The fraction of sp³-hybridized carbons (Fsp3) is 0.333. The maximum absolute atomic E-state index is 10.6. The largest absolute Gasteiger partial charge is 0.487 e. The zero-order valence-electron chi connectivity index (χ0n) is 11.7. The van der Waals surface area contributed by atoms with Crippen molar-refractivity contribution in [2.24, 2.45) is 0 Å². The van der Waals surface area contributed by atoms with Gasteiger partial charge in [0.15, 0.2) is 5.75 Å². The van der Waals surface area contributed by atoms with Crippen molar-refractivity contribution in [3.63, 3.8) is 0 Å². The number of carboxylic acids is 1. The lowest BCUT2D eigenvalue weighted by Crippen LogP contribution is -2.14. The Morgan fingerprint density at radius 1 is 1.38 bits per heavy atom. The molecule has 0 radical (unpaired) electrons. The highest BCUT2D eigenvalue weighted by molar-refractivity contribution is 6.39. The van der Waals surface area contributed by atoms with Crippen LogP contribution in [0.15, 0.2) is 18.2 Å². The van der Waals surface area contributed by atoms with Gasteiger partial charge in [0, 0.05) is 17.5 Å². The number of benzene rings is 1. The number of carbonyl (C=O) groups is 1. The summed E-state index contributed by atoms with van der Waals surface area (Å²) >= 11 is 12.4. The molecule has 0 bridgehead atoms. The zero-order valence-corrected chi connectivity index (χ0v) is 13.2. The van der Waals surface area contributed by atoms with E-state index in [9.17, 15) is 4.79 Å². The molecule has 1 aromatic heterocycles. The van der Waals surface area contributed by atoms with Crippen molar-refractivity contribution < 1.29 is 14.6 Å². The minimum atomic E-state index is -0.855. The van der Waals surface area contributed by atoms with Crippen molar-refractivity contribution in [1.82, 2.24) is 4.98 Å². The first kappa shape index (κ1) is 15.9. The lowest BCUT2D eigenvalue weighted by atomic mass is 10.1. The number of rotatable bonds is 5. The van der Waals surface area contributed by atoms with E-state index in [4.69, 9.17) is 33.0 Å². The van der Waals surface area contributed by atoms with E-state index in [1.54, 1.807) is 13.0 Å². The summed E-state index contributed by atoms with van der Waals surface area (Å²) in [5.74, 6) is -0.413. The third kappa shape index (κ3) is 3.77. The molecule has 0 aliphatic rings. The number of aliphatic carboxylic acids is 1. The fourth-order valence-electron chi connectivity index (χ4n) is 1.99. The quantitative estimate of drug-likeness (QED) is 0.879. The first-order valence-corrected chi connectivity index (χ1v) is 7.28. The van der Waals surface area contributed by atoms with E-state index in [-0.39, 0.29) is 12.5 Å². The predicted molar refractivity (Wildman–Crippen MR) is 83.5 cm³/mol. The molecule has 1 aromatic carbocycles. The number of hydrogen-bond acceptors (Lipinski definition) is 3. The minimum Gasteiger partial charge on any atom is -0.487 e. The number of fused-ring (bicyclic) bond motifs is 1. The van der Waals surface area contributed by atoms with Crippen LogP contribution < -0.4 is 4.74 Å². The topological polar surface area (TPSA) is 59.4 Å². The highest BCUT2D eigenvalue weighted by atomic mass is 35.5. The molecule has 112 valence electrons. The zero-order chi connectivity index (χ0) is 15.6. The summed E-state index contributed by atoms with van der Waals surface area (Å²) in [4.78, 5) is 15.0. The van der Waals surface area contributed by atoms with Crippen LogP contribution >= 0.6 is 23.2 Å². The van der Waals surface area contributed by atoms with Gasteiger partial charge in [-0.1, -0.05) is 23.2 Å². The maximum atomic E-state index is 10.6. The average Bonchev–Trinajstić information content (AvgIpc) is 2.40. The maximum Gasteiger partial charge on any atom is 0.303 e. The van der Waals surface area contributed by atoms with Crippen LogP contribution in [0.3, 0.4) is 0 Å². The molecule has 4 nitrogen and oxygen atoms in total. The van der Waals surface area contributed by atoms with Crippen molar-refractivity contribution in [1.29, 1.82) is 0 Å². The molecule has 1 heterocycles. The van der Waals surface area contributed by atoms with Crippen LogP contribution in [0.2, 0.25) is 10.0 Å². The molecule has 0 saturated carbocycles. The summed E-state index contributed by atoms with van der Waals surface area (Å²) in [6, 6.07) is 5.34. The van der Waals surface area contributed by atoms with Crippen molar-refractivity contribution >= 4 is 40.1 Å². The number of carboxylic acid groups (broad SMARTS) is 1. The highest BCUT2D eigenvalue weighted by Gasteiger charge is 2.16. The number of aromatic nitrogens is 1. The number of halogens is 2. The highest BCUT2D eigenvalue weighted by Crippen LogP contribution is 2.38. The Morgan fingerprint density at radius 3 is 2.76 bits per heavy atom. The predicted octanol–water partition coefficient (Wildman–Crippen LogP) is 4.48. The van der Waals surface area contributed by atoms with Crippen LogP contribution in [0, 0.1) is 6.92 Å². The molecule has 0 fully saturated rings. The standard InChI is InChI=1S/C15H15Cl2NO3/c1-8-3-5-10-11(16)7-12(17)15(14(10)18-8)21-9(2)4-6-13(19)20/h3,5,7,9H,4,6H2,1-2H3,(H,19,20). The van der Waals surface area contributed by atoms with E-state index in [2.05, 4.69) is 4.98 Å². The molecule has 0 saturated heterocycles. The minimum absolute atomic E-state index is 0.0385. The van der Waals surface area contributed by atoms with Crippen molar-refractivity contribution in [3.05, 3.63) is 33.9 Å². The summed E-state index contributed by atoms with van der Waals surface area (Å²) in [6.07, 6.45) is 0.142. The van der Waals surface area contributed by atoms with Gasteiger partial charge in [-0.2, -0.15) is 0 Å². The number of hydrogen-bond donors (Lipinski definition) is 1. The van der Waals surface area contributed by atoms with Gasteiger partial charge in [0.05, 0.1) is 16.1 Å². The molecule has 0 aliphatic carbocycles. The van der Waals surface area contributed by atoms with Crippen LogP contribution in [0.5, 0.6) is 5.75 Å². The smallest absolute Gasteiger partial charge is 0.303 e. The van der Waals surface area contributed by atoms with Crippen LogP contribution in [0.25, 0.3) is 10.9 Å². The van der Waals surface area contributed by atoms with Gasteiger partial charge in [0.2, 0.25) is 0 Å². The molecule has 21 heavy (non-hydrogen) atoms. The lowest BCUT2D eigenvalue weighted by Gasteiger charge is -2.17. The van der Waals surface area contributed by atoms with Crippen molar-refractivity contribution in [2.75, 3.05) is 0 Å². The molecule has 0 amide bonds. The molecule has 0 spiro atoms. The Labute approximate surface area is 132 Å². The molecule has 0 aliphatic heterocycles. The van der Waals surface area contributed by atoms with Crippen LogP contribution in [-0.4, -0.2) is 22.2 Å². The molecule has 1 N–H and O–H groups in total. The fourth-order valence-corrected chi connectivity index (χ4v) is 2.55. The van der Waals surface area contributed by atoms with E-state index in [1.165, 1.54) is 0 Å². The Hall–Kier alpha value is -1.52. The van der Waals surface area contributed by atoms with Gasteiger partial charge in [-0.15, -0.1) is 0 Å². The van der Waals surface area contributed by atoms with Gasteiger partial charge in [-0.3, -0.25) is 4.79 Å². The SMILES string of the molecule is Cc1ccc2c(Cl)cc(Cl)c(OC(C)CCC(=O)O)c2n1. The number of pyridine rings is 1. The molecule has 1 unspecified atom stereocenters. The molecular formula is C15H15Cl2NO3. The van der Waals surface area contributed by atoms with Gasteiger partial charge < -0.3 is 9.84 Å². The van der Waals surface area contributed by atoms with E-state index in [0.29, 0.717) is 27.7 Å². The normalized spacial score (nSPS) is 12.4. The average molecular weight is 328 g/mol. The van der Waals surface area contributed by atoms with Crippen LogP contribution in [0.4, 0.5) is 0 Å². The monoisotopic (exact) mass is 327 g/mol. The van der Waals surface area contributed by atoms with Gasteiger partial charge >= 0.3 is 5.97 Å². The Balaban J connectivity index is 2.38. The Bertz CT molecular complexity index is 688. The molecular weight excluding hydrogens is 313 g/mol. The summed E-state index contributed by atoms with van der Waals surface area (Å²) in [7, 11) is 0.